The Hall–Kier alpha value is -1.31. The highest BCUT2D eigenvalue weighted by atomic mass is 16.1. The monoisotopic (exact) mass is 162 g/mol. The van der Waals surface area contributed by atoms with Crippen LogP contribution in [0.25, 0.3) is 0 Å². The first kappa shape index (κ1) is 8.78. The summed E-state index contributed by atoms with van der Waals surface area (Å²) in [5.74, 6) is -0.296. The predicted octanol–water partition coefficient (Wildman–Crippen LogP) is 2.23. The van der Waals surface area contributed by atoms with Crippen LogP contribution in [0.4, 0.5) is 0 Å². The second-order valence-electron chi connectivity index (χ2n) is 3.07. The van der Waals surface area contributed by atoms with E-state index in [1.165, 1.54) is 0 Å². The van der Waals surface area contributed by atoms with Gasteiger partial charge in [-0.3, -0.25) is 10.5 Å². The van der Waals surface area contributed by atoms with Crippen molar-refractivity contribution in [3.8, 4) is 0 Å². The van der Waals surface area contributed by atoms with Gasteiger partial charge in [-0.05, 0) is 17.5 Å². The molecule has 0 spiro atoms. The first-order valence-electron chi connectivity index (χ1n) is 3.97. The van der Waals surface area contributed by atoms with Gasteiger partial charge in [0.15, 0.2) is 0 Å². The van der Waals surface area contributed by atoms with E-state index in [2.05, 4.69) is 0 Å². The van der Waals surface area contributed by atoms with Gasteiger partial charge in [0.25, 0.3) is 5.91 Å². The number of amides is 1. The van der Waals surface area contributed by atoms with Gasteiger partial charge in [0, 0.05) is 5.56 Å². The highest BCUT2D eigenvalue weighted by Crippen LogP contribution is 2.18. The summed E-state index contributed by atoms with van der Waals surface area (Å²) in [5.41, 5.74) is 8.49. The third-order valence-corrected chi connectivity index (χ3v) is 1.83. The maximum absolute atomic E-state index is 10.8. The Morgan fingerprint density at radius 1 is 1.33 bits per heavy atom. The Morgan fingerprint density at radius 2 is 1.92 bits per heavy atom. The van der Waals surface area contributed by atoms with Crippen LogP contribution in [-0.2, 0) is 0 Å². The summed E-state index contributed by atoms with van der Waals surface area (Å²) in [7, 11) is 0. The van der Waals surface area contributed by atoms with E-state index in [1.807, 2.05) is 26.0 Å². The van der Waals surface area contributed by atoms with E-state index in [9.17, 15) is 4.79 Å². The molecule has 0 unspecified atom stereocenters. The number of hydrogen-bond acceptors (Lipinski definition) is 1. The van der Waals surface area contributed by atoms with Crippen molar-refractivity contribution in [2.45, 2.75) is 19.8 Å². The number of rotatable bonds is 2. The molecule has 1 aromatic rings. The molecule has 63 valence electrons. The molecule has 1 amide bonds. The molecule has 0 fully saturated rings. The summed E-state index contributed by atoms with van der Waals surface area (Å²) < 4.78 is 0. The van der Waals surface area contributed by atoms with Gasteiger partial charge in [0.05, 0.1) is 0 Å². The minimum atomic E-state index is -0.598. The van der Waals surface area contributed by atoms with Crippen LogP contribution >= 0.6 is 0 Å². The second-order valence-corrected chi connectivity index (χ2v) is 3.07. The summed E-state index contributed by atoms with van der Waals surface area (Å²) in [6, 6.07) is 7.27. The van der Waals surface area contributed by atoms with Gasteiger partial charge < -0.3 is 0 Å². The summed E-state index contributed by atoms with van der Waals surface area (Å²) in [5, 5.41) is 0. The quantitative estimate of drug-likeness (QED) is 0.657. The van der Waals surface area contributed by atoms with E-state index in [-0.39, 0.29) is 0 Å². The molecular weight excluding hydrogens is 150 g/mol. The summed E-state index contributed by atoms with van der Waals surface area (Å²) in [4.78, 5) is 10.8. The molecule has 12 heavy (non-hydrogen) atoms. The van der Waals surface area contributed by atoms with E-state index < -0.39 is 5.91 Å². The summed E-state index contributed by atoms with van der Waals surface area (Å²) >= 11 is 0. The predicted molar refractivity (Wildman–Crippen MR) is 48.0 cm³/mol. The molecule has 1 radical (unpaired) electrons. The van der Waals surface area contributed by atoms with E-state index in [0.717, 1.165) is 5.56 Å². The normalized spacial score (nSPS) is 10.2. The molecule has 0 bridgehead atoms. The van der Waals surface area contributed by atoms with Gasteiger partial charge in [-0.15, -0.1) is 0 Å². The minimum absolute atomic E-state index is 0.301. The minimum Gasteiger partial charge on any atom is -0.267 e. The lowest BCUT2D eigenvalue weighted by Gasteiger charge is -2.08. The van der Waals surface area contributed by atoms with E-state index in [4.69, 9.17) is 5.73 Å². The molecule has 1 aromatic carbocycles. The average Bonchev–Trinajstić information content (AvgIpc) is 2.04. The van der Waals surface area contributed by atoms with E-state index in [1.54, 1.807) is 12.1 Å². The van der Waals surface area contributed by atoms with Gasteiger partial charge >= 0.3 is 0 Å². The van der Waals surface area contributed by atoms with Gasteiger partial charge in [-0.25, -0.2) is 0 Å². The van der Waals surface area contributed by atoms with Crippen LogP contribution in [0, 0.1) is 0 Å². The Kier molecular flexibility index (Phi) is 2.48. The van der Waals surface area contributed by atoms with Crippen LogP contribution in [0.5, 0.6) is 0 Å². The third kappa shape index (κ3) is 1.64. The third-order valence-electron chi connectivity index (χ3n) is 1.83. The average molecular weight is 162 g/mol. The molecule has 0 aromatic heterocycles. The molecule has 1 rings (SSSR count). The number of carbonyl (C=O) groups excluding carboxylic acids is 1. The first-order chi connectivity index (χ1) is 5.63. The van der Waals surface area contributed by atoms with Crippen molar-refractivity contribution in [2.75, 3.05) is 0 Å². The van der Waals surface area contributed by atoms with E-state index >= 15 is 0 Å². The molecule has 0 saturated carbocycles. The van der Waals surface area contributed by atoms with Crippen molar-refractivity contribution < 1.29 is 4.79 Å². The zero-order chi connectivity index (χ0) is 9.14. The smallest absolute Gasteiger partial charge is 0.267 e. The fourth-order valence-corrected chi connectivity index (χ4v) is 1.21. The van der Waals surface area contributed by atoms with E-state index in [0.29, 0.717) is 11.5 Å². The largest absolute Gasteiger partial charge is 0.269 e. The molecule has 1 N–H and O–H groups in total. The fourth-order valence-electron chi connectivity index (χ4n) is 1.21. The second kappa shape index (κ2) is 3.39. The van der Waals surface area contributed by atoms with Crippen molar-refractivity contribution in [2.24, 2.45) is 0 Å². The Balaban J connectivity index is 3.17. The lowest BCUT2D eigenvalue weighted by atomic mass is 9.97. The highest BCUT2D eigenvalue weighted by Gasteiger charge is 2.09. The molecule has 0 aliphatic rings. The van der Waals surface area contributed by atoms with Crippen molar-refractivity contribution in [1.29, 1.82) is 0 Å². The standard InChI is InChI=1S/C10H12NO/c1-7(2)8-5-3-4-6-9(8)10(11)12/h3-7,11H,1-2H3. The van der Waals surface area contributed by atoms with Crippen molar-refractivity contribution in [1.82, 2.24) is 5.73 Å². The van der Waals surface area contributed by atoms with Gasteiger partial charge in [0.2, 0.25) is 0 Å². The molecule has 0 atom stereocenters. The van der Waals surface area contributed by atoms with Crippen LogP contribution in [-0.4, -0.2) is 5.91 Å². The molecular formula is C10H12NO. The summed E-state index contributed by atoms with van der Waals surface area (Å²) in [6.07, 6.45) is 0. The van der Waals surface area contributed by atoms with Crippen LogP contribution in [0.1, 0.15) is 35.7 Å². The fraction of sp³-hybridized carbons (Fsp3) is 0.300. The molecule has 0 saturated heterocycles. The topological polar surface area (TPSA) is 40.9 Å². The lowest BCUT2D eigenvalue weighted by molar-refractivity contribution is 0.0991. The first-order valence-corrected chi connectivity index (χ1v) is 3.97. The van der Waals surface area contributed by atoms with Crippen LogP contribution in [0.15, 0.2) is 24.3 Å². The van der Waals surface area contributed by atoms with Gasteiger partial charge in [0.1, 0.15) is 0 Å². The van der Waals surface area contributed by atoms with Crippen LogP contribution < -0.4 is 5.73 Å². The number of hydrogen-bond donors (Lipinski definition) is 0. The van der Waals surface area contributed by atoms with Crippen molar-refractivity contribution in [3.05, 3.63) is 35.4 Å². The highest BCUT2D eigenvalue weighted by molar-refractivity contribution is 5.93. The van der Waals surface area contributed by atoms with Gasteiger partial charge in [-0.1, -0.05) is 32.0 Å². The zero-order valence-electron chi connectivity index (χ0n) is 7.29. The van der Waals surface area contributed by atoms with Crippen LogP contribution in [0.3, 0.4) is 0 Å². The Labute approximate surface area is 72.4 Å². The van der Waals surface area contributed by atoms with Crippen molar-refractivity contribution >= 4 is 5.91 Å². The maximum Gasteiger partial charge on any atom is 0.269 e. The molecule has 0 heterocycles. The van der Waals surface area contributed by atoms with Crippen LogP contribution in [0.2, 0.25) is 0 Å². The lowest BCUT2D eigenvalue weighted by Crippen LogP contribution is -2.04. The number of carbonyl (C=O) groups is 1. The molecule has 0 aliphatic heterocycles. The zero-order valence-corrected chi connectivity index (χ0v) is 7.29. The molecule has 0 aliphatic carbocycles. The Bertz CT molecular complexity index is 292. The van der Waals surface area contributed by atoms with Gasteiger partial charge in [-0.2, -0.15) is 0 Å². The summed E-state index contributed by atoms with van der Waals surface area (Å²) in [6.45, 7) is 4.03. The van der Waals surface area contributed by atoms with Crippen molar-refractivity contribution in [3.63, 3.8) is 0 Å². The SMILES string of the molecule is CC(C)c1ccccc1C([NH])=O. The molecule has 2 heteroatoms. The molecule has 2 nitrogen and oxygen atoms in total. The number of nitrogens with one attached hydrogen (secondary N) is 1. The number of benzene rings is 1. The Morgan fingerprint density at radius 3 is 2.33 bits per heavy atom. The maximum atomic E-state index is 10.8.